The van der Waals surface area contributed by atoms with E-state index in [9.17, 15) is 14.0 Å². The average Bonchev–Trinajstić information content (AvgIpc) is 3.46. The summed E-state index contributed by atoms with van der Waals surface area (Å²) in [6, 6.07) is 12.7. The van der Waals surface area contributed by atoms with E-state index in [2.05, 4.69) is 15.3 Å². The number of hydrogen-bond donors (Lipinski definition) is 1. The number of fused-ring (bicyclic) bond motifs is 2. The second-order valence-corrected chi connectivity index (χ2v) is 9.60. The van der Waals surface area contributed by atoms with Crippen molar-refractivity contribution < 1.29 is 27.8 Å². The van der Waals surface area contributed by atoms with Crippen LogP contribution in [0.3, 0.4) is 0 Å². The summed E-state index contributed by atoms with van der Waals surface area (Å²) < 4.78 is 47.0. The lowest BCUT2D eigenvalue weighted by atomic mass is 10.0. The van der Waals surface area contributed by atoms with Gasteiger partial charge in [-0.2, -0.15) is 0 Å². The Hall–Kier alpha value is -5.32. The fourth-order valence-electron chi connectivity index (χ4n) is 5.06. The molecule has 11 heteroatoms. The Morgan fingerprint density at radius 2 is 1.71 bits per heavy atom. The van der Waals surface area contributed by atoms with Gasteiger partial charge in [0.05, 0.1) is 25.1 Å². The maximum absolute atomic E-state index is 15.2. The fourth-order valence-corrected chi connectivity index (χ4v) is 5.06. The van der Waals surface area contributed by atoms with Crippen LogP contribution >= 0.6 is 0 Å². The number of nitrogens with one attached hydrogen (secondary N) is 1. The minimum atomic E-state index is -0.762. The highest BCUT2D eigenvalue weighted by atomic mass is 19.1. The van der Waals surface area contributed by atoms with Crippen molar-refractivity contribution in [3.05, 3.63) is 100 Å². The molecule has 1 N–H and O–H groups in total. The van der Waals surface area contributed by atoms with Crippen molar-refractivity contribution in [3.63, 3.8) is 0 Å². The number of hydrogen-bond acceptors (Lipinski definition) is 7. The van der Waals surface area contributed by atoms with Crippen molar-refractivity contribution >= 4 is 22.5 Å². The zero-order chi connectivity index (χ0) is 29.4. The molecule has 0 atom stereocenters. The minimum absolute atomic E-state index is 0.0214. The van der Waals surface area contributed by atoms with Crippen LogP contribution in [0.2, 0.25) is 0 Å². The van der Waals surface area contributed by atoms with Crippen molar-refractivity contribution in [1.29, 1.82) is 0 Å². The van der Waals surface area contributed by atoms with Crippen LogP contribution < -0.4 is 25.0 Å². The van der Waals surface area contributed by atoms with E-state index in [0.717, 1.165) is 12.5 Å². The van der Waals surface area contributed by atoms with Crippen molar-refractivity contribution in [2.24, 2.45) is 0 Å². The van der Waals surface area contributed by atoms with Crippen LogP contribution in [0.25, 0.3) is 22.0 Å². The Labute approximate surface area is 238 Å². The van der Waals surface area contributed by atoms with Gasteiger partial charge in [-0.1, -0.05) is 12.1 Å². The number of nitrogens with zero attached hydrogens (tertiary/aromatic N) is 3. The van der Waals surface area contributed by atoms with E-state index in [4.69, 9.17) is 14.2 Å². The maximum atomic E-state index is 15.2. The number of rotatable bonds is 7. The number of methoxy groups -OCH3 is 2. The molecule has 1 aliphatic heterocycles. The summed E-state index contributed by atoms with van der Waals surface area (Å²) in [7, 11) is 2.99. The van der Waals surface area contributed by atoms with Crippen LogP contribution in [0.4, 0.5) is 14.5 Å². The zero-order valence-corrected chi connectivity index (χ0v) is 22.6. The molecular formula is C31H24F2N4O5. The first-order valence-electron chi connectivity index (χ1n) is 13.0. The summed E-state index contributed by atoms with van der Waals surface area (Å²) in [5.41, 5.74) is 1.52. The number of carbonyl (C=O) groups is 1. The summed E-state index contributed by atoms with van der Waals surface area (Å²) in [5, 5.41) is 3.12. The Bertz CT molecular complexity index is 1910. The largest absolute Gasteiger partial charge is 0.493 e. The monoisotopic (exact) mass is 570 g/mol. The molecule has 2 aromatic heterocycles. The van der Waals surface area contributed by atoms with Gasteiger partial charge in [-0.15, -0.1) is 0 Å². The second kappa shape index (κ2) is 10.9. The third-order valence-electron chi connectivity index (χ3n) is 7.09. The normalized spacial score (nSPS) is 12.2. The third-order valence-corrected chi connectivity index (χ3v) is 7.09. The van der Waals surface area contributed by atoms with Gasteiger partial charge in [0.1, 0.15) is 17.7 Å². The van der Waals surface area contributed by atoms with Crippen LogP contribution in [-0.2, 0) is 13.0 Å². The van der Waals surface area contributed by atoms with E-state index >= 15 is 4.39 Å². The molecule has 0 unspecified atom stereocenters. The zero-order valence-electron chi connectivity index (χ0n) is 22.6. The highest BCUT2D eigenvalue weighted by Crippen LogP contribution is 2.36. The highest BCUT2D eigenvalue weighted by Gasteiger charge is 2.25. The molecule has 0 aliphatic carbocycles. The molecule has 0 saturated heterocycles. The molecular weight excluding hydrogens is 546 g/mol. The molecule has 212 valence electrons. The molecule has 5 aromatic rings. The number of ether oxygens (including phenoxy) is 3. The molecule has 1 aliphatic rings. The van der Waals surface area contributed by atoms with Crippen molar-refractivity contribution in [3.8, 4) is 34.3 Å². The van der Waals surface area contributed by atoms with E-state index in [1.807, 2.05) is 4.57 Å². The molecule has 3 aromatic carbocycles. The quantitative estimate of drug-likeness (QED) is 0.266. The molecule has 6 rings (SSSR count). The lowest BCUT2D eigenvalue weighted by Crippen LogP contribution is -2.26. The fraction of sp³-hybridized carbons (Fsp3) is 0.161. The maximum Gasteiger partial charge on any atom is 0.261 e. The first-order chi connectivity index (χ1) is 20.4. The molecule has 1 amide bonds. The topological polar surface area (TPSA) is 105 Å². The smallest absolute Gasteiger partial charge is 0.261 e. The van der Waals surface area contributed by atoms with Gasteiger partial charge in [0, 0.05) is 41.8 Å². The Morgan fingerprint density at radius 3 is 2.45 bits per heavy atom. The predicted octanol–water partition coefficient (Wildman–Crippen LogP) is 5.74. The summed E-state index contributed by atoms with van der Waals surface area (Å²) >= 11 is 0. The van der Waals surface area contributed by atoms with Crippen LogP contribution in [0.15, 0.2) is 71.9 Å². The number of amides is 1. The van der Waals surface area contributed by atoms with Gasteiger partial charge in [-0.25, -0.2) is 18.7 Å². The van der Waals surface area contributed by atoms with Gasteiger partial charge in [0.15, 0.2) is 23.1 Å². The van der Waals surface area contributed by atoms with Gasteiger partial charge in [0.25, 0.3) is 5.91 Å². The molecule has 0 spiro atoms. The van der Waals surface area contributed by atoms with Crippen LogP contribution in [0.1, 0.15) is 22.5 Å². The Morgan fingerprint density at radius 1 is 0.952 bits per heavy atom. The number of aryl methyl sites for hydroxylation is 1. The van der Waals surface area contributed by atoms with Crippen LogP contribution in [0.5, 0.6) is 23.1 Å². The number of halogens is 2. The Kier molecular flexibility index (Phi) is 6.99. The summed E-state index contributed by atoms with van der Waals surface area (Å²) in [4.78, 5) is 35.2. The van der Waals surface area contributed by atoms with Crippen molar-refractivity contribution in [1.82, 2.24) is 14.5 Å². The van der Waals surface area contributed by atoms with Crippen LogP contribution in [-0.4, -0.2) is 34.7 Å². The van der Waals surface area contributed by atoms with Crippen molar-refractivity contribution in [2.75, 3.05) is 19.5 Å². The number of aromatic nitrogens is 3. The van der Waals surface area contributed by atoms with E-state index in [1.165, 1.54) is 56.9 Å². The molecule has 42 heavy (non-hydrogen) atoms. The van der Waals surface area contributed by atoms with Gasteiger partial charge in [-0.3, -0.25) is 9.59 Å². The molecule has 3 heterocycles. The van der Waals surface area contributed by atoms with Gasteiger partial charge < -0.3 is 24.1 Å². The van der Waals surface area contributed by atoms with E-state index in [0.29, 0.717) is 46.6 Å². The van der Waals surface area contributed by atoms with Crippen LogP contribution in [0, 0.1) is 11.6 Å². The standard InChI is InChI=1S/C31H24F2N4O5/c1-40-26-13-20-23(14-27(26)41-2)34-16-35-31(20)42-25-10-9-19(12-22(25)33)36-30(39)28-24-4-3-11-37(24)15-21(29(28)38)17-5-7-18(32)8-6-17/h5-10,12-16H,3-4,11H2,1-2H3,(H,36,39). The van der Waals surface area contributed by atoms with E-state index in [1.54, 1.807) is 18.3 Å². The lowest BCUT2D eigenvalue weighted by Gasteiger charge is -2.14. The number of anilines is 1. The second-order valence-electron chi connectivity index (χ2n) is 9.60. The summed E-state index contributed by atoms with van der Waals surface area (Å²) in [6.07, 6.45) is 4.30. The van der Waals surface area contributed by atoms with Crippen molar-refractivity contribution in [2.45, 2.75) is 19.4 Å². The minimum Gasteiger partial charge on any atom is -0.493 e. The van der Waals surface area contributed by atoms with Gasteiger partial charge >= 0.3 is 0 Å². The summed E-state index contributed by atoms with van der Waals surface area (Å²) in [6.45, 7) is 0.640. The van der Waals surface area contributed by atoms with Gasteiger partial charge in [0.2, 0.25) is 11.3 Å². The molecule has 0 fully saturated rings. The first kappa shape index (κ1) is 26.9. The number of pyridine rings is 1. The molecule has 0 radical (unpaired) electrons. The number of carbonyl (C=O) groups excluding carboxylic acids is 1. The first-order valence-corrected chi connectivity index (χ1v) is 13.0. The Balaban J connectivity index is 1.29. The lowest BCUT2D eigenvalue weighted by molar-refractivity contribution is 0.102. The summed E-state index contributed by atoms with van der Waals surface area (Å²) in [5.74, 6) is -1.00. The van der Waals surface area contributed by atoms with E-state index < -0.39 is 23.0 Å². The SMILES string of the molecule is COc1cc2ncnc(Oc3ccc(NC(=O)c4c5n(cc(-c6ccc(F)cc6)c4=O)CCC5)cc3F)c2cc1OC. The predicted molar refractivity (Wildman–Crippen MR) is 151 cm³/mol. The average molecular weight is 571 g/mol. The van der Waals surface area contributed by atoms with E-state index in [-0.39, 0.29) is 28.4 Å². The molecule has 0 bridgehead atoms. The molecule has 9 nitrogen and oxygen atoms in total. The molecule has 0 saturated carbocycles. The third kappa shape index (κ3) is 4.89. The highest BCUT2D eigenvalue weighted by molar-refractivity contribution is 6.05. The number of benzene rings is 3. The van der Waals surface area contributed by atoms with Gasteiger partial charge in [-0.05, 0) is 48.7 Å².